The zero-order valence-electron chi connectivity index (χ0n) is 12.2. The molecule has 3 rings (SSSR count). The molecule has 0 aromatic heterocycles. The van der Waals surface area contributed by atoms with Crippen molar-refractivity contribution in [1.82, 2.24) is 10.2 Å². The first-order valence-electron chi connectivity index (χ1n) is 7.75. The summed E-state index contributed by atoms with van der Waals surface area (Å²) < 4.78 is 0. The van der Waals surface area contributed by atoms with E-state index in [4.69, 9.17) is 0 Å². The molecule has 104 valence electrons. The number of piperazine rings is 1. The summed E-state index contributed by atoms with van der Waals surface area (Å²) in [6.07, 6.45) is 4.21. The molecule has 2 atom stereocenters. The monoisotopic (exact) mass is 258 g/mol. The summed E-state index contributed by atoms with van der Waals surface area (Å²) in [4.78, 5) is 2.73. The number of nitrogens with one attached hydrogen (secondary N) is 1. The number of nitrogens with zero attached hydrogens (tertiary/aromatic N) is 1. The third-order valence-corrected chi connectivity index (χ3v) is 5.04. The van der Waals surface area contributed by atoms with Crippen LogP contribution in [0, 0.1) is 5.41 Å². The molecule has 1 saturated heterocycles. The first-order valence-corrected chi connectivity index (χ1v) is 7.75. The fourth-order valence-corrected chi connectivity index (χ4v) is 3.40. The minimum atomic E-state index is 0.557. The molecule has 0 bridgehead atoms. The molecule has 1 aliphatic carbocycles. The van der Waals surface area contributed by atoms with Gasteiger partial charge in [-0.05, 0) is 37.2 Å². The van der Waals surface area contributed by atoms with Crippen LogP contribution in [0.25, 0.3) is 0 Å². The second-order valence-electron chi connectivity index (χ2n) is 6.52. The molecule has 1 aliphatic heterocycles. The summed E-state index contributed by atoms with van der Waals surface area (Å²) in [5.74, 6) is 0. The van der Waals surface area contributed by atoms with Crippen LogP contribution >= 0.6 is 0 Å². The Morgan fingerprint density at radius 2 is 2.00 bits per heavy atom. The maximum atomic E-state index is 3.64. The van der Waals surface area contributed by atoms with Crippen LogP contribution in [0.1, 0.15) is 44.7 Å². The lowest BCUT2D eigenvalue weighted by Gasteiger charge is -2.41. The van der Waals surface area contributed by atoms with Gasteiger partial charge in [-0.2, -0.15) is 0 Å². The number of hydrogen-bond acceptors (Lipinski definition) is 2. The van der Waals surface area contributed by atoms with E-state index < -0.39 is 0 Å². The maximum absolute atomic E-state index is 3.64. The normalized spacial score (nSPS) is 30.2. The summed E-state index contributed by atoms with van der Waals surface area (Å²) in [5, 5.41) is 3.64. The molecule has 2 unspecified atom stereocenters. The van der Waals surface area contributed by atoms with E-state index in [1.807, 2.05) is 0 Å². The summed E-state index contributed by atoms with van der Waals surface area (Å²) >= 11 is 0. The van der Waals surface area contributed by atoms with E-state index in [1.54, 1.807) is 0 Å². The molecule has 0 radical (unpaired) electrons. The summed E-state index contributed by atoms with van der Waals surface area (Å²) in [6, 6.07) is 12.2. The average Bonchev–Trinajstić information content (AvgIpc) is 3.20. The molecule has 0 spiro atoms. The molecule has 1 heterocycles. The van der Waals surface area contributed by atoms with Gasteiger partial charge < -0.3 is 5.32 Å². The largest absolute Gasteiger partial charge is 0.311 e. The third-order valence-electron chi connectivity index (χ3n) is 5.04. The molecule has 2 heteroatoms. The van der Waals surface area contributed by atoms with E-state index >= 15 is 0 Å². The van der Waals surface area contributed by atoms with E-state index in [2.05, 4.69) is 54.4 Å². The van der Waals surface area contributed by atoms with Gasteiger partial charge in [-0.1, -0.05) is 37.3 Å². The number of hydrogen-bond donors (Lipinski definition) is 1. The lowest BCUT2D eigenvalue weighted by molar-refractivity contribution is 0.106. The molecular weight excluding hydrogens is 232 g/mol. The molecular formula is C17H26N2. The van der Waals surface area contributed by atoms with Crippen LogP contribution in [0.4, 0.5) is 0 Å². The van der Waals surface area contributed by atoms with Crippen molar-refractivity contribution >= 4 is 0 Å². The number of benzene rings is 1. The zero-order valence-corrected chi connectivity index (χ0v) is 12.2. The second-order valence-corrected chi connectivity index (χ2v) is 6.52. The third kappa shape index (κ3) is 2.85. The Kier molecular flexibility index (Phi) is 3.64. The van der Waals surface area contributed by atoms with Gasteiger partial charge in [0.25, 0.3) is 0 Å². The maximum Gasteiger partial charge on any atom is 0.0473 e. The quantitative estimate of drug-likeness (QED) is 0.892. The minimum absolute atomic E-state index is 0.557. The van der Waals surface area contributed by atoms with E-state index in [0.29, 0.717) is 17.5 Å². The van der Waals surface area contributed by atoms with Gasteiger partial charge in [0.2, 0.25) is 0 Å². The first kappa shape index (κ1) is 13.1. The fourth-order valence-electron chi connectivity index (χ4n) is 3.40. The zero-order chi connectivity index (χ0) is 13.3. The lowest BCUT2D eigenvalue weighted by atomic mass is 9.96. The number of rotatable bonds is 4. The van der Waals surface area contributed by atoms with E-state index in [1.165, 1.54) is 37.9 Å². The van der Waals surface area contributed by atoms with Gasteiger partial charge in [0.05, 0.1) is 0 Å². The van der Waals surface area contributed by atoms with Crippen LogP contribution in [-0.4, -0.2) is 30.6 Å². The Labute approximate surface area is 117 Å². The molecule has 1 aromatic rings. The topological polar surface area (TPSA) is 15.3 Å². The second kappa shape index (κ2) is 5.26. The predicted molar refractivity (Wildman–Crippen MR) is 80.2 cm³/mol. The highest BCUT2D eigenvalue weighted by molar-refractivity contribution is 5.20. The predicted octanol–water partition coefficient (Wildman–Crippen LogP) is 3.21. The summed E-state index contributed by atoms with van der Waals surface area (Å²) in [7, 11) is 0. The van der Waals surface area contributed by atoms with E-state index in [-0.39, 0.29) is 0 Å². The van der Waals surface area contributed by atoms with Crippen molar-refractivity contribution in [3.8, 4) is 0 Å². The van der Waals surface area contributed by atoms with Gasteiger partial charge in [-0.25, -0.2) is 0 Å². The smallest absolute Gasteiger partial charge is 0.0473 e. The minimum Gasteiger partial charge on any atom is -0.311 e. The van der Waals surface area contributed by atoms with Gasteiger partial charge in [-0.15, -0.1) is 0 Å². The van der Waals surface area contributed by atoms with Gasteiger partial charge >= 0.3 is 0 Å². The highest BCUT2D eigenvalue weighted by Gasteiger charge is 2.43. The molecule has 1 aromatic carbocycles. The van der Waals surface area contributed by atoms with Crippen LogP contribution in [0.5, 0.6) is 0 Å². The van der Waals surface area contributed by atoms with Crippen LogP contribution in [0.15, 0.2) is 30.3 Å². The van der Waals surface area contributed by atoms with Gasteiger partial charge in [0, 0.05) is 31.7 Å². The van der Waals surface area contributed by atoms with Crippen molar-refractivity contribution in [3.05, 3.63) is 35.9 Å². The van der Waals surface area contributed by atoms with Crippen molar-refractivity contribution in [2.45, 2.75) is 45.2 Å². The summed E-state index contributed by atoms with van der Waals surface area (Å²) in [6.45, 7) is 8.22. The molecule has 0 amide bonds. The molecule has 2 fully saturated rings. The molecule has 1 saturated carbocycles. The van der Waals surface area contributed by atoms with Crippen LogP contribution in [-0.2, 0) is 0 Å². The Hall–Kier alpha value is -0.860. The van der Waals surface area contributed by atoms with Crippen molar-refractivity contribution < 1.29 is 0 Å². The van der Waals surface area contributed by atoms with Crippen molar-refractivity contribution in [1.29, 1.82) is 0 Å². The van der Waals surface area contributed by atoms with Crippen LogP contribution in [0.3, 0.4) is 0 Å². The Balaban J connectivity index is 1.76. The molecule has 19 heavy (non-hydrogen) atoms. The molecule has 1 N–H and O–H groups in total. The Morgan fingerprint density at radius 1 is 1.26 bits per heavy atom. The van der Waals surface area contributed by atoms with Crippen molar-refractivity contribution in [3.63, 3.8) is 0 Å². The van der Waals surface area contributed by atoms with Gasteiger partial charge in [0.1, 0.15) is 0 Å². The van der Waals surface area contributed by atoms with Crippen LogP contribution < -0.4 is 5.32 Å². The fraction of sp³-hybridized carbons (Fsp3) is 0.647. The molecule has 2 aliphatic rings. The van der Waals surface area contributed by atoms with Crippen molar-refractivity contribution in [2.75, 3.05) is 19.6 Å². The average molecular weight is 258 g/mol. The first-order chi connectivity index (χ1) is 9.22. The van der Waals surface area contributed by atoms with Crippen LogP contribution in [0.2, 0.25) is 0 Å². The lowest BCUT2D eigenvalue weighted by Crippen LogP contribution is -2.52. The summed E-state index contributed by atoms with van der Waals surface area (Å²) in [5.41, 5.74) is 2.11. The highest BCUT2D eigenvalue weighted by Crippen LogP contribution is 2.50. The molecule has 2 nitrogen and oxygen atoms in total. The van der Waals surface area contributed by atoms with E-state index in [9.17, 15) is 0 Å². The Bertz CT molecular complexity index is 411. The van der Waals surface area contributed by atoms with Gasteiger partial charge in [-0.3, -0.25) is 4.90 Å². The van der Waals surface area contributed by atoms with Gasteiger partial charge in [0.15, 0.2) is 0 Å². The van der Waals surface area contributed by atoms with E-state index in [0.717, 1.165) is 6.54 Å². The van der Waals surface area contributed by atoms with Crippen molar-refractivity contribution in [2.24, 2.45) is 5.41 Å². The Morgan fingerprint density at radius 3 is 2.63 bits per heavy atom. The standard InChI is InChI=1S/C17H26N2/c1-3-17(9-10-17)13-19-12-14(2)18-11-16(19)15-7-5-4-6-8-15/h4-8,14,16,18H,3,9-13H2,1-2H3. The SMILES string of the molecule is CCC1(CN2CC(C)NCC2c2ccccc2)CC1. The highest BCUT2D eigenvalue weighted by atomic mass is 15.2.